The molecular formula is C26H29N3O3. The molecule has 0 unspecified atom stereocenters. The molecule has 0 spiro atoms. The number of amides is 2. The Morgan fingerprint density at radius 2 is 1.56 bits per heavy atom. The van der Waals surface area contributed by atoms with Gasteiger partial charge in [-0.05, 0) is 56.6 Å². The number of nitrogens with zero attached hydrogens (tertiary/aromatic N) is 1. The first kappa shape index (κ1) is 21.8. The minimum Gasteiger partial charge on any atom is -0.465 e. The molecule has 2 amide bonds. The first-order valence-corrected chi connectivity index (χ1v) is 11.2. The molecule has 32 heavy (non-hydrogen) atoms. The SMILES string of the molecule is Cc1ccc(-c2cc(C(=O)NC[C@H]3CC[C@H](CNC(=O)O)CC3)c3ccccc3n2)cc1. The Hall–Kier alpha value is -3.41. The average molecular weight is 432 g/mol. The van der Waals surface area contributed by atoms with Crippen LogP contribution in [-0.4, -0.2) is 35.2 Å². The lowest BCUT2D eigenvalue weighted by Crippen LogP contribution is -2.34. The number of carbonyl (C=O) groups excluding carboxylic acids is 1. The highest BCUT2D eigenvalue weighted by Gasteiger charge is 2.22. The summed E-state index contributed by atoms with van der Waals surface area (Å²) in [7, 11) is 0. The number of aryl methyl sites for hydroxylation is 1. The average Bonchev–Trinajstić information content (AvgIpc) is 2.81. The molecule has 0 radical (unpaired) electrons. The second-order valence-electron chi connectivity index (χ2n) is 8.72. The number of carbonyl (C=O) groups is 2. The molecule has 1 aromatic heterocycles. The molecule has 0 atom stereocenters. The van der Waals surface area contributed by atoms with E-state index in [9.17, 15) is 9.59 Å². The van der Waals surface area contributed by atoms with Crippen molar-refractivity contribution in [2.45, 2.75) is 32.6 Å². The van der Waals surface area contributed by atoms with Crippen LogP contribution in [0, 0.1) is 18.8 Å². The van der Waals surface area contributed by atoms with E-state index in [2.05, 4.69) is 10.6 Å². The Morgan fingerprint density at radius 1 is 0.938 bits per heavy atom. The van der Waals surface area contributed by atoms with E-state index in [1.165, 1.54) is 5.56 Å². The summed E-state index contributed by atoms with van der Waals surface area (Å²) in [5.41, 5.74) is 4.41. The fourth-order valence-corrected chi connectivity index (χ4v) is 4.44. The van der Waals surface area contributed by atoms with Crippen LogP contribution in [0.5, 0.6) is 0 Å². The number of para-hydroxylation sites is 1. The summed E-state index contributed by atoms with van der Waals surface area (Å²) in [5, 5.41) is 15.2. The van der Waals surface area contributed by atoms with Crippen LogP contribution in [0.25, 0.3) is 22.2 Å². The Kier molecular flexibility index (Phi) is 6.69. The second kappa shape index (κ2) is 9.81. The van der Waals surface area contributed by atoms with Crippen LogP contribution in [0.3, 0.4) is 0 Å². The van der Waals surface area contributed by atoms with E-state index < -0.39 is 6.09 Å². The van der Waals surface area contributed by atoms with Gasteiger partial charge in [0.05, 0.1) is 16.8 Å². The van der Waals surface area contributed by atoms with Gasteiger partial charge in [-0.2, -0.15) is 0 Å². The van der Waals surface area contributed by atoms with Crippen LogP contribution in [0.4, 0.5) is 4.79 Å². The minimum absolute atomic E-state index is 0.0772. The molecular weight excluding hydrogens is 402 g/mol. The molecule has 1 aliphatic carbocycles. The van der Waals surface area contributed by atoms with E-state index in [4.69, 9.17) is 10.1 Å². The van der Waals surface area contributed by atoms with E-state index in [-0.39, 0.29) is 5.91 Å². The lowest BCUT2D eigenvalue weighted by molar-refractivity contribution is 0.0942. The van der Waals surface area contributed by atoms with Gasteiger partial charge < -0.3 is 15.7 Å². The lowest BCUT2D eigenvalue weighted by Gasteiger charge is -2.28. The standard InChI is InChI=1S/C26H29N3O3/c1-17-6-12-20(13-7-17)24-14-22(21-4-2-3-5-23(21)29-24)25(30)27-15-18-8-10-19(11-9-18)16-28-26(31)32/h2-7,12-14,18-19,28H,8-11,15-16H2,1H3,(H,27,30)(H,31,32)/t18-,19-. The van der Waals surface area contributed by atoms with Crippen molar-refractivity contribution < 1.29 is 14.7 Å². The fraction of sp³-hybridized carbons (Fsp3) is 0.346. The van der Waals surface area contributed by atoms with Crippen LogP contribution in [-0.2, 0) is 0 Å². The van der Waals surface area contributed by atoms with Crippen molar-refractivity contribution in [1.29, 1.82) is 0 Å². The molecule has 1 saturated carbocycles. The quantitative estimate of drug-likeness (QED) is 0.511. The van der Waals surface area contributed by atoms with E-state index in [1.54, 1.807) is 0 Å². The van der Waals surface area contributed by atoms with Gasteiger partial charge in [0.25, 0.3) is 5.91 Å². The van der Waals surface area contributed by atoms with Gasteiger partial charge in [-0.1, -0.05) is 48.0 Å². The summed E-state index contributed by atoms with van der Waals surface area (Å²) in [5.74, 6) is 0.732. The molecule has 1 aliphatic rings. The molecule has 0 bridgehead atoms. The normalized spacial score (nSPS) is 18.3. The van der Waals surface area contributed by atoms with Crippen molar-refractivity contribution in [3.05, 3.63) is 65.7 Å². The maximum atomic E-state index is 13.2. The highest BCUT2D eigenvalue weighted by molar-refractivity contribution is 6.07. The number of hydrogen-bond donors (Lipinski definition) is 3. The van der Waals surface area contributed by atoms with Crippen molar-refractivity contribution in [1.82, 2.24) is 15.6 Å². The number of hydrogen-bond acceptors (Lipinski definition) is 3. The van der Waals surface area contributed by atoms with Crippen molar-refractivity contribution in [3.8, 4) is 11.3 Å². The van der Waals surface area contributed by atoms with E-state index in [0.29, 0.717) is 30.5 Å². The molecule has 0 saturated heterocycles. The topological polar surface area (TPSA) is 91.3 Å². The van der Waals surface area contributed by atoms with Crippen LogP contribution in [0.15, 0.2) is 54.6 Å². The number of rotatable bonds is 6. The largest absolute Gasteiger partial charge is 0.465 e. The maximum Gasteiger partial charge on any atom is 0.404 e. The summed E-state index contributed by atoms with van der Waals surface area (Å²) >= 11 is 0. The Labute approximate surface area is 188 Å². The van der Waals surface area contributed by atoms with Crippen molar-refractivity contribution in [2.75, 3.05) is 13.1 Å². The minimum atomic E-state index is -0.964. The molecule has 166 valence electrons. The third kappa shape index (κ3) is 5.25. The van der Waals surface area contributed by atoms with Gasteiger partial charge in [0, 0.05) is 24.0 Å². The maximum absolute atomic E-state index is 13.2. The number of fused-ring (bicyclic) bond motifs is 1. The molecule has 4 rings (SSSR count). The van der Waals surface area contributed by atoms with Crippen LogP contribution < -0.4 is 10.6 Å². The zero-order valence-electron chi connectivity index (χ0n) is 18.3. The number of pyridine rings is 1. The predicted octanol–water partition coefficient (Wildman–Crippen LogP) is 5.01. The molecule has 1 fully saturated rings. The third-order valence-corrected chi connectivity index (χ3v) is 6.37. The van der Waals surface area contributed by atoms with E-state index >= 15 is 0 Å². The van der Waals surface area contributed by atoms with Gasteiger partial charge in [-0.15, -0.1) is 0 Å². The number of nitrogens with one attached hydrogen (secondary N) is 2. The van der Waals surface area contributed by atoms with Crippen LogP contribution >= 0.6 is 0 Å². The van der Waals surface area contributed by atoms with Crippen LogP contribution in [0.2, 0.25) is 0 Å². The first-order chi connectivity index (χ1) is 15.5. The Balaban J connectivity index is 1.45. The number of carboxylic acid groups (broad SMARTS) is 1. The van der Waals surface area contributed by atoms with E-state index in [1.807, 2.05) is 61.5 Å². The van der Waals surface area contributed by atoms with Gasteiger partial charge >= 0.3 is 6.09 Å². The van der Waals surface area contributed by atoms with Crippen molar-refractivity contribution in [3.63, 3.8) is 0 Å². The molecule has 1 heterocycles. The highest BCUT2D eigenvalue weighted by Crippen LogP contribution is 2.29. The zero-order chi connectivity index (χ0) is 22.5. The van der Waals surface area contributed by atoms with Gasteiger partial charge in [0.2, 0.25) is 0 Å². The van der Waals surface area contributed by atoms with Gasteiger partial charge in [-0.25, -0.2) is 9.78 Å². The molecule has 2 aromatic carbocycles. The number of benzene rings is 2. The highest BCUT2D eigenvalue weighted by atomic mass is 16.4. The van der Waals surface area contributed by atoms with Crippen molar-refractivity contribution in [2.24, 2.45) is 11.8 Å². The predicted molar refractivity (Wildman–Crippen MR) is 126 cm³/mol. The summed E-state index contributed by atoms with van der Waals surface area (Å²) in [4.78, 5) is 28.6. The first-order valence-electron chi connectivity index (χ1n) is 11.2. The van der Waals surface area contributed by atoms with Crippen molar-refractivity contribution >= 4 is 22.9 Å². The molecule has 3 aromatic rings. The van der Waals surface area contributed by atoms with Gasteiger partial charge in [-0.3, -0.25) is 4.79 Å². The lowest BCUT2D eigenvalue weighted by atomic mass is 9.82. The van der Waals surface area contributed by atoms with Gasteiger partial charge in [0.15, 0.2) is 0 Å². The third-order valence-electron chi connectivity index (χ3n) is 6.37. The fourth-order valence-electron chi connectivity index (χ4n) is 4.44. The monoisotopic (exact) mass is 431 g/mol. The second-order valence-corrected chi connectivity index (χ2v) is 8.72. The molecule has 6 heteroatoms. The zero-order valence-corrected chi connectivity index (χ0v) is 18.3. The van der Waals surface area contributed by atoms with E-state index in [0.717, 1.165) is 47.8 Å². The summed E-state index contributed by atoms with van der Waals surface area (Å²) in [6.45, 7) is 3.19. The van der Waals surface area contributed by atoms with Crippen LogP contribution in [0.1, 0.15) is 41.6 Å². The molecule has 0 aliphatic heterocycles. The summed E-state index contributed by atoms with van der Waals surface area (Å²) < 4.78 is 0. The summed E-state index contributed by atoms with van der Waals surface area (Å²) in [6.07, 6.45) is 3.00. The number of aromatic nitrogens is 1. The molecule has 3 N–H and O–H groups in total. The Bertz CT molecular complexity index is 1100. The molecule has 6 nitrogen and oxygen atoms in total. The van der Waals surface area contributed by atoms with Gasteiger partial charge in [0.1, 0.15) is 0 Å². The summed E-state index contributed by atoms with van der Waals surface area (Å²) in [6, 6.07) is 17.8. The Morgan fingerprint density at radius 3 is 2.22 bits per heavy atom. The smallest absolute Gasteiger partial charge is 0.404 e.